The van der Waals surface area contributed by atoms with Gasteiger partial charge in [-0.1, -0.05) is 44.5 Å². The van der Waals surface area contributed by atoms with Crippen LogP contribution in [-0.2, 0) is 11.3 Å². The molecule has 0 fully saturated rings. The summed E-state index contributed by atoms with van der Waals surface area (Å²) in [7, 11) is 0. The Labute approximate surface area is 156 Å². The molecular formula is C20H28ClN3O. The van der Waals surface area contributed by atoms with Gasteiger partial charge in [0.2, 0.25) is 5.95 Å². The van der Waals surface area contributed by atoms with E-state index in [1.165, 1.54) is 12.0 Å². The molecule has 0 aliphatic carbocycles. The number of halogens is 1. The van der Waals surface area contributed by atoms with E-state index in [4.69, 9.17) is 16.3 Å². The smallest absolute Gasteiger partial charge is 0.210 e. The number of imidazole rings is 1. The molecular weight excluding hydrogens is 334 g/mol. The molecule has 0 N–H and O–H groups in total. The van der Waals surface area contributed by atoms with Crippen molar-refractivity contribution in [2.24, 2.45) is 0 Å². The van der Waals surface area contributed by atoms with Crippen molar-refractivity contribution in [3.63, 3.8) is 0 Å². The van der Waals surface area contributed by atoms with Crippen LogP contribution in [0.4, 0.5) is 11.6 Å². The molecule has 0 atom stereocenters. The average Bonchev–Trinajstić information content (AvgIpc) is 3.10. The highest BCUT2D eigenvalue weighted by molar-refractivity contribution is 6.33. The first-order chi connectivity index (χ1) is 11.9. The lowest BCUT2D eigenvalue weighted by Crippen LogP contribution is -2.16. The zero-order chi connectivity index (χ0) is 18.6. The molecule has 3 rings (SSSR count). The standard InChI is InChI=1S/C17H20ClN3O.C3H8/c1-5-22-13(4)15-10-19-17-20(15)6-7-21(17)16-12(3)8-11(2)9-14(16)18;1-3-2/h8-10H,4-7H2,1-3H3;3H2,1-2H3. The summed E-state index contributed by atoms with van der Waals surface area (Å²) < 4.78 is 7.65. The number of hydrogen-bond acceptors (Lipinski definition) is 3. The van der Waals surface area contributed by atoms with E-state index in [2.05, 4.69) is 54.8 Å². The van der Waals surface area contributed by atoms with Crippen molar-refractivity contribution >= 4 is 29.0 Å². The summed E-state index contributed by atoms with van der Waals surface area (Å²) in [6.45, 7) is 16.6. The third-order valence-corrected chi connectivity index (χ3v) is 4.18. The van der Waals surface area contributed by atoms with Crippen molar-refractivity contribution in [2.75, 3.05) is 18.1 Å². The Bertz CT molecular complexity index is 728. The van der Waals surface area contributed by atoms with Crippen LogP contribution in [0.1, 0.15) is 44.0 Å². The second-order valence-corrected chi connectivity index (χ2v) is 6.63. The van der Waals surface area contributed by atoms with Crippen molar-refractivity contribution in [3.05, 3.63) is 46.8 Å². The molecule has 25 heavy (non-hydrogen) atoms. The zero-order valence-electron chi connectivity index (χ0n) is 15.9. The number of fused-ring (bicyclic) bond motifs is 1. The molecule has 0 radical (unpaired) electrons. The lowest BCUT2D eigenvalue weighted by Gasteiger charge is -2.20. The fraction of sp³-hybridized carbons (Fsp3) is 0.450. The van der Waals surface area contributed by atoms with E-state index < -0.39 is 0 Å². The Balaban J connectivity index is 0.000000701. The molecule has 0 saturated carbocycles. The van der Waals surface area contributed by atoms with Crippen LogP contribution in [0.3, 0.4) is 0 Å². The van der Waals surface area contributed by atoms with Crippen molar-refractivity contribution in [2.45, 2.75) is 47.6 Å². The van der Waals surface area contributed by atoms with Crippen LogP contribution in [0.2, 0.25) is 5.02 Å². The van der Waals surface area contributed by atoms with Gasteiger partial charge in [0.25, 0.3) is 0 Å². The first-order valence-electron chi connectivity index (χ1n) is 8.86. The van der Waals surface area contributed by atoms with Crippen LogP contribution >= 0.6 is 11.6 Å². The van der Waals surface area contributed by atoms with E-state index >= 15 is 0 Å². The molecule has 0 bridgehead atoms. The van der Waals surface area contributed by atoms with E-state index in [1.807, 2.05) is 19.2 Å². The van der Waals surface area contributed by atoms with Gasteiger partial charge in [0.05, 0.1) is 23.5 Å². The van der Waals surface area contributed by atoms with Crippen LogP contribution in [0.15, 0.2) is 24.9 Å². The first kappa shape index (κ1) is 19.4. The fourth-order valence-electron chi connectivity index (χ4n) is 3.03. The van der Waals surface area contributed by atoms with Crippen LogP contribution in [0, 0.1) is 13.8 Å². The summed E-state index contributed by atoms with van der Waals surface area (Å²) in [5, 5.41) is 0.763. The number of aryl methyl sites for hydroxylation is 2. The van der Waals surface area contributed by atoms with E-state index in [0.717, 1.165) is 41.0 Å². The van der Waals surface area contributed by atoms with Crippen LogP contribution in [-0.4, -0.2) is 22.7 Å². The lowest BCUT2D eigenvalue weighted by atomic mass is 10.1. The van der Waals surface area contributed by atoms with E-state index in [-0.39, 0.29) is 0 Å². The highest BCUT2D eigenvalue weighted by Gasteiger charge is 2.28. The van der Waals surface area contributed by atoms with Gasteiger partial charge in [-0.25, -0.2) is 4.98 Å². The Morgan fingerprint density at radius 2 is 1.92 bits per heavy atom. The predicted octanol–water partition coefficient (Wildman–Crippen LogP) is 5.73. The van der Waals surface area contributed by atoms with Crippen molar-refractivity contribution in [1.29, 1.82) is 0 Å². The van der Waals surface area contributed by atoms with E-state index in [1.54, 1.807) is 0 Å². The molecule has 0 amide bonds. The second-order valence-electron chi connectivity index (χ2n) is 6.22. The molecule has 136 valence electrons. The fourth-order valence-corrected chi connectivity index (χ4v) is 3.46. The summed E-state index contributed by atoms with van der Waals surface area (Å²) in [5.74, 6) is 1.56. The summed E-state index contributed by atoms with van der Waals surface area (Å²) >= 11 is 6.48. The summed E-state index contributed by atoms with van der Waals surface area (Å²) in [6.07, 6.45) is 3.07. The monoisotopic (exact) mass is 361 g/mol. The minimum atomic E-state index is 0.603. The minimum absolute atomic E-state index is 0.603. The molecule has 1 aliphatic rings. The van der Waals surface area contributed by atoms with E-state index in [9.17, 15) is 0 Å². The van der Waals surface area contributed by atoms with Gasteiger partial charge in [0.1, 0.15) is 11.5 Å². The van der Waals surface area contributed by atoms with Gasteiger partial charge < -0.3 is 14.2 Å². The molecule has 1 aliphatic heterocycles. The summed E-state index contributed by atoms with van der Waals surface area (Å²) in [6, 6.07) is 4.14. The largest absolute Gasteiger partial charge is 0.492 e. The maximum absolute atomic E-state index is 6.48. The molecule has 1 aromatic carbocycles. The van der Waals surface area contributed by atoms with Gasteiger partial charge in [-0.05, 0) is 38.0 Å². The number of anilines is 2. The Kier molecular flexibility index (Phi) is 6.54. The van der Waals surface area contributed by atoms with Gasteiger partial charge in [-0.2, -0.15) is 0 Å². The van der Waals surface area contributed by atoms with Gasteiger partial charge in [-0.15, -0.1) is 0 Å². The lowest BCUT2D eigenvalue weighted by molar-refractivity contribution is 0.296. The maximum Gasteiger partial charge on any atom is 0.210 e. The average molecular weight is 362 g/mol. The molecule has 1 aromatic heterocycles. The summed E-state index contributed by atoms with van der Waals surface area (Å²) in [4.78, 5) is 6.72. The quantitative estimate of drug-likeness (QED) is 0.651. The number of hydrogen-bond donors (Lipinski definition) is 0. The number of ether oxygens (including phenoxy) is 1. The maximum atomic E-state index is 6.48. The van der Waals surface area contributed by atoms with Crippen molar-refractivity contribution < 1.29 is 4.74 Å². The normalized spacial score (nSPS) is 12.5. The molecule has 2 aromatic rings. The predicted molar refractivity (Wildman–Crippen MR) is 107 cm³/mol. The second kappa shape index (κ2) is 8.43. The van der Waals surface area contributed by atoms with Gasteiger partial charge in [0.15, 0.2) is 0 Å². The molecule has 2 heterocycles. The third-order valence-electron chi connectivity index (χ3n) is 3.90. The third kappa shape index (κ3) is 4.01. The summed E-state index contributed by atoms with van der Waals surface area (Å²) in [5.41, 5.74) is 4.29. The number of nitrogens with zero attached hydrogens (tertiary/aromatic N) is 3. The van der Waals surface area contributed by atoms with Gasteiger partial charge >= 0.3 is 0 Å². The minimum Gasteiger partial charge on any atom is -0.492 e. The number of aromatic nitrogens is 2. The molecule has 4 nitrogen and oxygen atoms in total. The Morgan fingerprint density at radius 1 is 1.24 bits per heavy atom. The van der Waals surface area contributed by atoms with Gasteiger partial charge in [0, 0.05) is 13.1 Å². The van der Waals surface area contributed by atoms with Crippen LogP contribution < -0.4 is 4.90 Å². The molecule has 5 heteroatoms. The number of rotatable bonds is 4. The molecule has 0 saturated heterocycles. The van der Waals surface area contributed by atoms with E-state index in [0.29, 0.717) is 12.4 Å². The highest BCUT2D eigenvalue weighted by Crippen LogP contribution is 2.38. The number of benzene rings is 1. The molecule has 0 unspecified atom stereocenters. The van der Waals surface area contributed by atoms with Crippen LogP contribution in [0.5, 0.6) is 0 Å². The van der Waals surface area contributed by atoms with Crippen molar-refractivity contribution in [1.82, 2.24) is 9.55 Å². The first-order valence-corrected chi connectivity index (χ1v) is 9.24. The topological polar surface area (TPSA) is 30.3 Å². The SMILES string of the molecule is C=C(OCC)c1cnc2n1CCN2c1c(C)cc(C)cc1Cl.CCC. The highest BCUT2D eigenvalue weighted by atomic mass is 35.5. The Morgan fingerprint density at radius 3 is 2.52 bits per heavy atom. The molecule has 0 spiro atoms. The van der Waals surface area contributed by atoms with Gasteiger partial charge in [-0.3, -0.25) is 0 Å². The van der Waals surface area contributed by atoms with Crippen molar-refractivity contribution in [3.8, 4) is 0 Å². The zero-order valence-corrected chi connectivity index (χ0v) is 16.7. The van der Waals surface area contributed by atoms with Crippen LogP contribution in [0.25, 0.3) is 5.76 Å². The Hall–Kier alpha value is -1.94.